The number of ether oxygens (including phenoxy) is 2. The summed E-state index contributed by atoms with van der Waals surface area (Å²) in [5.41, 5.74) is 4.97. The van der Waals surface area contributed by atoms with E-state index in [1.54, 1.807) is 18.3 Å². The Morgan fingerprint density at radius 3 is 2.47 bits per heavy atom. The van der Waals surface area contributed by atoms with Gasteiger partial charge in [-0.05, 0) is 52.3 Å². The molecule has 1 aliphatic heterocycles. The Labute approximate surface area is 189 Å². The van der Waals surface area contributed by atoms with Crippen LogP contribution in [0.3, 0.4) is 0 Å². The van der Waals surface area contributed by atoms with E-state index in [0.29, 0.717) is 36.8 Å². The third-order valence-electron chi connectivity index (χ3n) is 5.35. The van der Waals surface area contributed by atoms with E-state index in [9.17, 15) is 4.79 Å². The molecule has 164 valence electrons. The number of anilines is 1. The summed E-state index contributed by atoms with van der Waals surface area (Å²) in [6, 6.07) is 17.8. The first kappa shape index (κ1) is 21.6. The molecule has 0 radical (unpaired) electrons. The third kappa shape index (κ3) is 5.35. The SMILES string of the molecule is CC(C)(C)c1ccc(/C(=C/C(=O)Nc2ccc3c(c2)OCCO3)Cc2cccnc2)cc1. The van der Waals surface area contributed by atoms with Crippen LogP contribution in [0.25, 0.3) is 5.57 Å². The predicted molar refractivity (Wildman–Crippen MR) is 127 cm³/mol. The summed E-state index contributed by atoms with van der Waals surface area (Å²) >= 11 is 0. The number of pyridine rings is 1. The van der Waals surface area contributed by atoms with Crippen LogP contribution >= 0.6 is 0 Å². The summed E-state index contributed by atoms with van der Waals surface area (Å²) in [6.45, 7) is 7.61. The van der Waals surface area contributed by atoms with E-state index >= 15 is 0 Å². The van der Waals surface area contributed by atoms with Gasteiger partial charge in [0.2, 0.25) is 5.91 Å². The molecule has 2 heterocycles. The van der Waals surface area contributed by atoms with Crippen molar-refractivity contribution in [2.24, 2.45) is 0 Å². The lowest BCUT2D eigenvalue weighted by molar-refractivity contribution is -0.111. The summed E-state index contributed by atoms with van der Waals surface area (Å²) in [7, 11) is 0. The molecule has 0 saturated carbocycles. The van der Waals surface area contributed by atoms with Crippen LogP contribution in [0.1, 0.15) is 37.5 Å². The molecule has 4 rings (SSSR count). The van der Waals surface area contributed by atoms with Crippen LogP contribution in [-0.2, 0) is 16.6 Å². The minimum Gasteiger partial charge on any atom is -0.486 e. The van der Waals surface area contributed by atoms with Crippen molar-refractivity contribution in [3.8, 4) is 11.5 Å². The Balaban J connectivity index is 1.59. The average Bonchev–Trinajstić information content (AvgIpc) is 2.79. The summed E-state index contributed by atoms with van der Waals surface area (Å²) < 4.78 is 11.2. The van der Waals surface area contributed by atoms with Gasteiger partial charge in [-0.2, -0.15) is 0 Å². The molecule has 0 spiro atoms. The molecule has 1 amide bonds. The van der Waals surface area contributed by atoms with Crippen LogP contribution in [0, 0.1) is 0 Å². The molecule has 32 heavy (non-hydrogen) atoms. The number of rotatable bonds is 5. The van der Waals surface area contributed by atoms with E-state index in [-0.39, 0.29) is 11.3 Å². The van der Waals surface area contributed by atoms with Crippen LogP contribution < -0.4 is 14.8 Å². The number of benzene rings is 2. The number of hydrogen-bond acceptors (Lipinski definition) is 4. The average molecular weight is 429 g/mol. The molecule has 0 bridgehead atoms. The normalized spacial score (nSPS) is 13.5. The molecule has 0 saturated heterocycles. The number of nitrogens with zero attached hydrogens (tertiary/aromatic N) is 1. The van der Waals surface area contributed by atoms with Crippen LogP contribution in [0.5, 0.6) is 11.5 Å². The highest BCUT2D eigenvalue weighted by Crippen LogP contribution is 2.33. The fourth-order valence-corrected chi connectivity index (χ4v) is 3.60. The molecular weight excluding hydrogens is 400 g/mol. The Hall–Kier alpha value is -3.60. The minimum absolute atomic E-state index is 0.0708. The Bertz CT molecular complexity index is 1110. The van der Waals surface area contributed by atoms with E-state index in [2.05, 4.69) is 55.3 Å². The first-order chi connectivity index (χ1) is 15.4. The molecule has 5 nitrogen and oxygen atoms in total. The Kier molecular flexibility index (Phi) is 6.26. The summed E-state index contributed by atoms with van der Waals surface area (Å²) in [6.07, 6.45) is 5.85. The number of hydrogen-bond donors (Lipinski definition) is 1. The highest BCUT2D eigenvalue weighted by Gasteiger charge is 2.15. The molecule has 1 aromatic heterocycles. The first-order valence-electron chi connectivity index (χ1n) is 10.8. The molecule has 3 aromatic rings. The lowest BCUT2D eigenvalue weighted by Crippen LogP contribution is -2.16. The maximum absolute atomic E-state index is 12.9. The van der Waals surface area contributed by atoms with Gasteiger partial charge in [-0.25, -0.2) is 0 Å². The fraction of sp³-hybridized carbons (Fsp3) is 0.259. The molecule has 1 aliphatic rings. The topological polar surface area (TPSA) is 60.5 Å². The molecule has 2 aromatic carbocycles. The number of nitrogens with one attached hydrogen (secondary N) is 1. The third-order valence-corrected chi connectivity index (χ3v) is 5.35. The quantitative estimate of drug-likeness (QED) is 0.552. The van der Waals surface area contributed by atoms with Crippen molar-refractivity contribution >= 4 is 17.2 Å². The van der Waals surface area contributed by atoms with Gasteiger partial charge in [-0.3, -0.25) is 9.78 Å². The van der Waals surface area contributed by atoms with E-state index in [1.165, 1.54) is 5.56 Å². The molecule has 5 heteroatoms. The zero-order valence-corrected chi connectivity index (χ0v) is 18.7. The van der Waals surface area contributed by atoms with Crippen LogP contribution in [-0.4, -0.2) is 24.1 Å². The summed E-state index contributed by atoms with van der Waals surface area (Å²) in [5.74, 6) is 1.15. The lowest BCUT2D eigenvalue weighted by Gasteiger charge is -2.20. The number of amides is 1. The predicted octanol–water partition coefficient (Wildman–Crippen LogP) is 5.42. The van der Waals surface area contributed by atoms with Gasteiger partial charge < -0.3 is 14.8 Å². The molecule has 1 N–H and O–H groups in total. The zero-order valence-electron chi connectivity index (χ0n) is 18.7. The largest absolute Gasteiger partial charge is 0.486 e. The van der Waals surface area contributed by atoms with E-state index in [1.807, 2.05) is 30.5 Å². The molecule has 0 atom stereocenters. The summed E-state index contributed by atoms with van der Waals surface area (Å²) in [5, 5.41) is 2.95. The van der Waals surface area contributed by atoms with Gasteiger partial charge in [0.05, 0.1) is 0 Å². The van der Waals surface area contributed by atoms with Gasteiger partial charge in [-0.15, -0.1) is 0 Å². The van der Waals surface area contributed by atoms with Crippen LogP contribution in [0.15, 0.2) is 73.1 Å². The molecule has 0 unspecified atom stereocenters. The van der Waals surface area contributed by atoms with Gasteiger partial charge in [0.25, 0.3) is 0 Å². The number of allylic oxidation sites excluding steroid dienone is 1. The van der Waals surface area contributed by atoms with Crippen LogP contribution in [0.2, 0.25) is 0 Å². The molecule has 0 fully saturated rings. The Morgan fingerprint density at radius 1 is 1.03 bits per heavy atom. The van der Waals surface area contributed by atoms with Gasteiger partial charge in [0.15, 0.2) is 11.5 Å². The van der Waals surface area contributed by atoms with Crippen molar-refractivity contribution in [2.75, 3.05) is 18.5 Å². The van der Waals surface area contributed by atoms with Crippen molar-refractivity contribution in [2.45, 2.75) is 32.6 Å². The molecular formula is C27H28N2O3. The first-order valence-corrected chi connectivity index (χ1v) is 10.8. The minimum atomic E-state index is -0.194. The van der Waals surface area contributed by atoms with E-state index in [0.717, 1.165) is 16.7 Å². The van der Waals surface area contributed by atoms with Gasteiger partial charge in [-0.1, -0.05) is 51.1 Å². The highest BCUT2D eigenvalue weighted by molar-refractivity contribution is 6.04. The highest BCUT2D eigenvalue weighted by atomic mass is 16.6. The van der Waals surface area contributed by atoms with Gasteiger partial charge in [0, 0.05) is 30.2 Å². The van der Waals surface area contributed by atoms with E-state index < -0.39 is 0 Å². The monoisotopic (exact) mass is 428 g/mol. The maximum atomic E-state index is 12.9. The van der Waals surface area contributed by atoms with E-state index in [4.69, 9.17) is 9.47 Å². The van der Waals surface area contributed by atoms with Gasteiger partial charge >= 0.3 is 0 Å². The lowest BCUT2D eigenvalue weighted by atomic mass is 9.86. The van der Waals surface area contributed by atoms with Crippen LogP contribution in [0.4, 0.5) is 5.69 Å². The molecule has 0 aliphatic carbocycles. The maximum Gasteiger partial charge on any atom is 0.248 e. The van der Waals surface area contributed by atoms with Crippen molar-refractivity contribution in [1.82, 2.24) is 4.98 Å². The van der Waals surface area contributed by atoms with Crippen molar-refractivity contribution < 1.29 is 14.3 Å². The smallest absolute Gasteiger partial charge is 0.248 e. The summed E-state index contributed by atoms with van der Waals surface area (Å²) in [4.78, 5) is 17.1. The number of aromatic nitrogens is 1. The second-order valence-electron chi connectivity index (χ2n) is 8.88. The van der Waals surface area contributed by atoms with Crippen molar-refractivity contribution in [3.05, 3.63) is 89.8 Å². The standard InChI is InChI=1S/C27H28N2O3/c1-27(2,3)22-8-6-20(7-9-22)21(15-19-5-4-12-28-18-19)16-26(30)29-23-10-11-24-25(17-23)32-14-13-31-24/h4-12,16-18H,13-15H2,1-3H3,(H,29,30)/b21-16+. The fourth-order valence-electron chi connectivity index (χ4n) is 3.60. The Morgan fingerprint density at radius 2 is 1.78 bits per heavy atom. The second kappa shape index (κ2) is 9.27. The number of carbonyl (C=O) groups excluding carboxylic acids is 1. The number of fused-ring (bicyclic) bond motifs is 1. The van der Waals surface area contributed by atoms with Gasteiger partial charge in [0.1, 0.15) is 13.2 Å². The van der Waals surface area contributed by atoms with Crippen molar-refractivity contribution in [3.63, 3.8) is 0 Å². The van der Waals surface area contributed by atoms with Crippen molar-refractivity contribution in [1.29, 1.82) is 0 Å². The number of carbonyl (C=O) groups is 1. The second-order valence-corrected chi connectivity index (χ2v) is 8.88. The zero-order chi connectivity index (χ0) is 22.6.